The van der Waals surface area contributed by atoms with Gasteiger partial charge in [0.15, 0.2) is 6.71 Å². The third-order valence-corrected chi connectivity index (χ3v) is 5.76. The zero-order valence-electron chi connectivity index (χ0n) is 14.3. The van der Waals surface area contributed by atoms with E-state index in [0.717, 1.165) is 0 Å². The monoisotopic (exact) mass is 304 g/mol. The topological polar surface area (TPSA) is 8.81 Å². The largest absolute Gasteiger partial charge is 0.273 e. The molecule has 3 heteroatoms. The Balaban J connectivity index is 1.95. The average molecular weight is 304 g/mol. The molecule has 118 valence electrons. The van der Waals surface area contributed by atoms with Gasteiger partial charge in [0, 0.05) is 0 Å². The van der Waals surface area contributed by atoms with Gasteiger partial charge < -0.3 is 0 Å². The second-order valence-corrected chi connectivity index (χ2v) is 7.26. The molecule has 1 aromatic heterocycles. The summed E-state index contributed by atoms with van der Waals surface area (Å²) < 4.78 is 4.67. The zero-order valence-corrected chi connectivity index (χ0v) is 14.3. The fourth-order valence-corrected chi connectivity index (χ4v) is 4.61. The van der Waals surface area contributed by atoms with Gasteiger partial charge in [0.1, 0.15) is 12.4 Å². The molecule has 0 spiro atoms. The van der Waals surface area contributed by atoms with Crippen molar-refractivity contribution in [1.29, 1.82) is 0 Å². The Bertz CT molecular complexity index is 735. The molecule has 0 saturated carbocycles. The van der Waals surface area contributed by atoms with E-state index in [-0.39, 0.29) is 0 Å². The molecule has 23 heavy (non-hydrogen) atoms. The number of hydrogen-bond acceptors (Lipinski definition) is 0. The first-order chi connectivity index (χ1) is 11.2. The number of aryl methyl sites for hydroxylation is 2. The minimum atomic E-state index is -0.607. The number of nitrogens with zero attached hydrogens (tertiary/aromatic N) is 2. The number of hydrogen-bond donors (Lipinski definition) is 0. The summed E-state index contributed by atoms with van der Waals surface area (Å²) in [6.07, 6.45) is 15.9. The lowest BCUT2D eigenvalue weighted by Crippen LogP contribution is -2.57. The van der Waals surface area contributed by atoms with Crippen LogP contribution in [-0.4, -0.2) is 11.3 Å². The predicted molar refractivity (Wildman–Crippen MR) is 98.9 cm³/mol. The van der Waals surface area contributed by atoms with Gasteiger partial charge in [-0.3, -0.25) is 9.13 Å². The summed E-state index contributed by atoms with van der Waals surface area (Å²) in [7, 11) is 4.39. The molecule has 0 atom stereocenters. The van der Waals surface area contributed by atoms with Crippen molar-refractivity contribution in [2.75, 3.05) is 0 Å². The Hall–Kier alpha value is -2.03. The SMILES string of the molecule is Cn1cc[n+](C)c1[BH-]1C2=Cc3ccccc3C=C1CCCCC2. The molecule has 4 rings (SSSR count). The van der Waals surface area contributed by atoms with Crippen molar-refractivity contribution < 1.29 is 4.57 Å². The van der Waals surface area contributed by atoms with Gasteiger partial charge in [-0.15, -0.1) is 0 Å². The predicted octanol–water partition coefficient (Wildman–Crippen LogP) is 2.81. The molecule has 2 bridgehead atoms. The number of fused-ring (bicyclic) bond motifs is 3. The molecule has 2 nitrogen and oxygen atoms in total. The Labute approximate surface area is 139 Å². The van der Waals surface area contributed by atoms with Gasteiger partial charge in [-0.25, -0.2) is 10.9 Å². The molecule has 0 unspecified atom stereocenters. The van der Waals surface area contributed by atoms with Gasteiger partial charge in [-0.1, -0.05) is 68.5 Å². The fraction of sp³-hybridized carbons (Fsp3) is 0.350. The molecular weight excluding hydrogens is 279 g/mol. The first-order valence-electron chi connectivity index (χ1n) is 8.94. The first kappa shape index (κ1) is 14.6. The first-order valence-corrected chi connectivity index (χ1v) is 8.94. The zero-order chi connectivity index (χ0) is 15.8. The summed E-state index contributed by atoms with van der Waals surface area (Å²) in [5.74, 6) is 0. The van der Waals surface area contributed by atoms with Gasteiger partial charge in [-0.2, -0.15) is 0 Å². The smallest absolute Gasteiger partial charge is 0.153 e. The van der Waals surface area contributed by atoms with Crippen LogP contribution in [0.5, 0.6) is 0 Å². The van der Waals surface area contributed by atoms with Crippen LogP contribution in [0.2, 0.25) is 0 Å². The molecule has 3 heterocycles. The van der Waals surface area contributed by atoms with Crippen LogP contribution in [0.15, 0.2) is 47.6 Å². The second kappa shape index (κ2) is 5.88. The van der Waals surface area contributed by atoms with Gasteiger partial charge in [0.25, 0.3) is 0 Å². The maximum atomic E-state index is 2.50. The Morgan fingerprint density at radius 3 is 2.09 bits per heavy atom. The van der Waals surface area contributed by atoms with Crippen molar-refractivity contribution in [2.45, 2.75) is 32.1 Å². The number of imidazole rings is 1. The van der Waals surface area contributed by atoms with E-state index in [4.69, 9.17) is 0 Å². The summed E-state index contributed by atoms with van der Waals surface area (Å²) in [4.78, 5) is 0. The van der Waals surface area contributed by atoms with E-state index in [9.17, 15) is 0 Å². The van der Waals surface area contributed by atoms with Crippen LogP contribution < -0.4 is 10.3 Å². The van der Waals surface area contributed by atoms with Crippen molar-refractivity contribution in [2.24, 2.45) is 14.1 Å². The maximum absolute atomic E-state index is 2.50. The highest BCUT2D eigenvalue weighted by atomic mass is 15.1. The summed E-state index contributed by atoms with van der Waals surface area (Å²) in [6, 6.07) is 8.87. The highest BCUT2D eigenvalue weighted by Crippen LogP contribution is 2.32. The van der Waals surface area contributed by atoms with E-state index >= 15 is 0 Å². The summed E-state index contributed by atoms with van der Waals surface area (Å²) >= 11 is 0. The van der Waals surface area contributed by atoms with Gasteiger partial charge >= 0.3 is 0 Å². The van der Waals surface area contributed by atoms with Crippen LogP contribution in [0.1, 0.15) is 43.2 Å². The molecule has 2 aliphatic heterocycles. The van der Waals surface area contributed by atoms with Crippen LogP contribution >= 0.6 is 0 Å². The number of allylic oxidation sites excluding steroid dienone is 2. The molecule has 0 aliphatic carbocycles. The molecule has 0 radical (unpaired) electrons. The Morgan fingerprint density at radius 1 is 0.957 bits per heavy atom. The molecule has 2 aromatic rings. The highest BCUT2D eigenvalue weighted by Gasteiger charge is 2.26. The molecule has 0 N–H and O–H groups in total. The lowest BCUT2D eigenvalue weighted by molar-refractivity contribution is -0.653. The maximum Gasteiger partial charge on any atom is 0.153 e. The van der Waals surface area contributed by atoms with E-state index in [1.807, 2.05) is 0 Å². The minimum Gasteiger partial charge on any atom is -0.273 e. The van der Waals surface area contributed by atoms with Crippen molar-refractivity contribution in [1.82, 2.24) is 4.57 Å². The van der Waals surface area contributed by atoms with Gasteiger partial charge in [-0.05, 0) is 11.1 Å². The Kier molecular flexibility index (Phi) is 3.72. The van der Waals surface area contributed by atoms with Crippen LogP contribution in [0.25, 0.3) is 12.2 Å². The van der Waals surface area contributed by atoms with E-state index < -0.39 is 6.71 Å². The van der Waals surface area contributed by atoms with Crippen LogP contribution in [0.3, 0.4) is 0 Å². The summed E-state index contributed by atoms with van der Waals surface area (Å²) in [5.41, 5.74) is 7.61. The minimum absolute atomic E-state index is 0.607. The molecule has 2 aliphatic rings. The highest BCUT2D eigenvalue weighted by molar-refractivity contribution is 6.85. The lowest BCUT2D eigenvalue weighted by Gasteiger charge is -2.30. The second-order valence-electron chi connectivity index (χ2n) is 7.26. The van der Waals surface area contributed by atoms with Crippen molar-refractivity contribution >= 4 is 24.6 Å². The van der Waals surface area contributed by atoms with Crippen LogP contribution in [-0.2, 0) is 14.1 Å². The van der Waals surface area contributed by atoms with E-state index in [1.54, 1.807) is 10.9 Å². The normalized spacial score (nSPS) is 18.3. The van der Waals surface area contributed by atoms with Crippen LogP contribution in [0, 0.1) is 0 Å². The summed E-state index contributed by atoms with van der Waals surface area (Å²) in [5, 5.41) is 0. The lowest BCUT2D eigenvalue weighted by atomic mass is 9.36. The molecule has 0 amide bonds. The molecule has 1 saturated heterocycles. The fourth-order valence-electron chi connectivity index (χ4n) is 4.61. The standard InChI is InChI=1S/C20H25BN2/c1-22-12-13-23(2)20(22)21-18-10-4-3-5-11-19(21)15-17-9-7-6-8-16(17)14-18/h6-9,12-15,21H,3-5,10-11H2,1-2H3. The summed E-state index contributed by atoms with van der Waals surface area (Å²) in [6.45, 7) is -0.607. The third kappa shape index (κ3) is 2.58. The quantitative estimate of drug-likeness (QED) is 0.566. The van der Waals surface area contributed by atoms with Crippen molar-refractivity contribution in [3.63, 3.8) is 0 Å². The molecule has 1 fully saturated rings. The van der Waals surface area contributed by atoms with Crippen molar-refractivity contribution in [3.05, 3.63) is 58.7 Å². The number of benzene rings is 1. The molecular formula is C20H25BN2. The van der Waals surface area contributed by atoms with Crippen molar-refractivity contribution in [3.8, 4) is 0 Å². The van der Waals surface area contributed by atoms with Gasteiger partial charge in [0.2, 0.25) is 0 Å². The molecule has 1 aromatic carbocycles. The number of rotatable bonds is 1. The van der Waals surface area contributed by atoms with Crippen LogP contribution in [0.4, 0.5) is 0 Å². The van der Waals surface area contributed by atoms with E-state index in [1.165, 1.54) is 49.0 Å². The Morgan fingerprint density at radius 2 is 1.57 bits per heavy atom. The van der Waals surface area contributed by atoms with E-state index in [0.29, 0.717) is 0 Å². The average Bonchev–Trinajstić information content (AvgIpc) is 2.78. The van der Waals surface area contributed by atoms with E-state index in [2.05, 4.69) is 72.0 Å². The number of aromatic nitrogens is 2. The van der Waals surface area contributed by atoms with Gasteiger partial charge in [0.05, 0.1) is 19.8 Å². The third-order valence-electron chi connectivity index (χ3n) is 5.76.